The number of aliphatic hydroxyl groups is 1. The molecule has 0 bridgehead atoms. The van der Waals surface area contributed by atoms with Gasteiger partial charge in [0.1, 0.15) is 17.3 Å². The van der Waals surface area contributed by atoms with Crippen LogP contribution in [0.3, 0.4) is 0 Å². The summed E-state index contributed by atoms with van der Waals surface area (Å²) in [6.45, 7) is 1.78. The first-order valence-corrected chi connectivity index (χ1v) is 6.68. The predicted octanol–water partition coefficient (Wildman–Crippen LogP) is 4.30. The lowest BCUT2D eigenvalue weighted by Gasteiger charge is -2.02. The summed E-state index contributed by atoms with van der Waals surface area (Å²) in [6, 6.07) is 11.9. The highest BCUT2D eigenvalue weighted by molar-refractivity contribution is 5.95. The van der Waals surface area contributed by atoms with Gasteiger partial charge in [-0.3, -0.25) is 4.68 Å². The molecule has 0 saturated heterocycles. The maximum Gasteiger partial charge on any atom is 0.123 e. The maximum absolute atomic E-state index is 13.1. The number of rotatable bonds is 2. The molecule has 3 rings (SSSR count). The lowest BCUT2D eigenvalue weighted by atomic mass is 10.0. The monoisotopic (exact) mass is 282 g/mol. The number of fused-ring (bicyclic) bond motifs is 1. The first-order chi connectivity index (χ1) is 10.1. The molecular weight excluding hydrogens is 267 g/mol. The van der Waals surface area contributed by atoms with E-state index in [-0.39, 0.29) is 11.6 Å². The molecule has 0 saturated carbocycles. The zero-order chi connectivity index (χ0) is 15.0. The lowest BCUT2D eigenvalue weighted by molar-refractivity contribution is 0.511. The Morgan fingerprint density at radius 2 is 1.90 bits per heavy atom. The summed E-state index contributed by atoms with van der Waals surface area (Å²) >= 11 is 0. The van der Waals surface area contributed by atoms with Crippen molar-refractivity contribution in [2.24, 2.45) is 7.05 Å². The summed E-state index contributed by atoms with van der Waals surface area (Å²) in [5, 5.41) is 15.3. The van der Waals surface area contributed by atoms with Gasteiger partial charge in [0.05, 0.1) is 5.52 Å². The number of hydrogen-bond donors (Lipinski definition) is 1. The minimum absolute atomic E-state index is 0.228. The largest absolute Gasteiger partial charge is 0.508 e. The van der Waals surface area contributed by atoms with Crippen LogP contribution < -0.4 is 0 Å². The van der Waals surface area contributed by atoms with Crippen molar-refractivity contribution in [2.45, 2.75) is 6.92 Å². The third-order valence-corrected chi connectivity index (χ3v) is 3.54. The maximum atomic E-state index is 13.1. The normalized spacial score (nSPS) is 12.0. The van der Waals surface area contributed by atoms with Gasteiger partial charge in [-0.05, 0) is 55.5 Å². The number of hydrogen-bond acceptors (Lipinski definition) is 2. The smallest absolute Gasteiger partial charge is 0.123 e. The van der Waals surface area contributed by atoms with E-state index in [0.717, 1.165) is 27.7 Å². The van der Waals surface area contributed by atoms with E-state index in [2.05, 4.69) is 5.10 Å². The Balaban J connectivity index is 2.25. The lowest BCUT2D eigenvalue weighted by Crippen LogP contribution is -1.89. The molecule has 0 atom stereocenters. The number of aryl methyl sites for hydroxylation is 1. The highest BCUT2D eigenvalue weighted by Crippen LogP contribution is 2.29. The van der Waals surface area contributed by atoms with Crippen molar-refractivity contribution in [3.8, 4) is 11.3 Å². The predicted molar refractivity (Wildman–Crippen MR) is 82.4 cm³/mol. The molecule has 0 aliphatic carbocycles. The minimum atomic E-state index is -0.272. The van der Waals surface area contributed by atoms with E-state index < -0.39 is 0 Å². The Morgan fingerprint density at radius 3 is 2.57 bits per heavy atom. The van der Waals surface area contributed by atoms with E-state index in [0.29, 0.717) is 0 Å². The van der Waals surface area contributed by atoms with Crippen LogP contribution in [0.25, 0.3) is 27.9 Å². The Bertz CT molecular complexity index is 832. The molecule has 0 amide bonds. The molecule has 1 heterocycles. The quantitative estimate of drug-likeness (QED) is 0.712. The molecule has 106 valence electrons. The minimum Gasteiger partial charge on any atom is -0.508 e. The second-order valence-corrected chi connectivity index (χ2v) is 4.88. The molecule has 0 aliphatic heterocycles. The number of aromatic nitrogens is 2. The van der Waals surface area contributed by atoms with Crippen LogP contribution in [0.2, 0.25) is 0 Å². The number of allylic oxidation sites excluding steroid dienone is 1. The molecule has 0 spiro atoms. The first kappa shape index (κ1) is 13.4. The van der Waals surface area contributed by atoms with Crippen LogP contribution in [-0.4, -0.2) is 14.9 Å². The van der Waals surface area contributed by atoms with Crippen LogP contribution >= 0.6 is 0 Å². The fourth-order valence-corrected chi connectivity index (χ4v) is 2.41. The van der Waals surface area contributed by atoms with Crippen molar-refractivity contribution in [1.82, 2.24) is 9.78 Å². The second-order valence-electron chi connectivity index (χ2n) is 4.88. The third kappa shape index (κ3) is 2.29. The summed E-state index contributed by atoms with van der Waals surface area (Å²) < 4.78 is 14.9. The van der Waals surface area contributed by atoms with Crippen LogP contribution in [0.15, 0.2) is 48.5 Å². The molecule has 2 aromatic carbocycles. The van der Waals surface area contributed by atoms with Gasteiger partial charge in [-0.1, -0.05) is 0 Å². The van der Waals surface area contributed by atoms with E-state index >= 15 is 0 Å². The Kier molecular flexibility index (Phi) is 3.22. The number of halogens is 1. The molecule has 0 aliphatic rings. The summed E-state index contributed by atoms with van der Waals surface area (Å²) in [5.74, 6) is -0.0444. The van der Waals surface area contributed by atoms with Gasteiger partial charge in [0.2, 0.25) is 0 Å². The van der Waals surface area contributed by atoms with Crippen LogP contribution in [-0.2, 0) is 7.05 Å². The number of aliphatic hydroxyl groups excluding tert-OH is 1. The summed E-state index contributed by atoms with van der Waals surface area (Å²) in [6.07, 6.45) is 1.65. The highest BCUT2D eigenvalue weighted by atomic mass is 19.1. The summed E-state index contributed by atoms with van der Waals surface area (Å²) in [4.78, 5) is 0. The molecule has 4 heteroatoms. The van der Waals surface area contributed by atoms with Gasteiger partial charge in [-0.25, -0.2) is 4.39 Å². The van der Waals surface area contributed by atoms with E-state index in [1.54, 1.807) is 29.8 Å². The van der Waals surface area contributed by atoms with Crippen LogP contribution in [0.4, 0.5) is 4.39 Å². The third-order valence-electron chi connectivity index (χ3n) is 3.54. The SMILES string of the molecule is CC=C(O)c1ccc2c(c1)c(-c1ccc(F)cc1)nn2C. The van der Waals surface area contributed by atoms with Crippen molar-refractivity contribution in [3.05, 3.63) is 59.9 Å². The topological polar surface area (TPSA) is 38.1 Å². The average Bonchev–Trinajstić information content (AvgIpc) is 2.84. The van der Waals surface area contributed by atoms with Crippen molar-refractivity contribution in [1.29, 1.82) is 0 Å². The van der Waals surface area contributed by atoms with Gasteiger partial charge < -0.3 is 5.11 Å². The van der Waals surface area contributed by atoms with E-state index in [1.807, 2.05) is 25.2 Å². The molecular formula is C17H15FN2O. The molecule has 3 aromatic rings. The second kappa shape index (κ2) is 5.05. The van der Waals surface area contributed by atoms with E-state index in [9.17, 15) is 9.50 Å². The van der Waals surface area contributed by atoms with E-state index in [4.69, 9.17) is 0 Å². The van der Waals surface area contributed by atoms with Gasteiger partial charge in [-0.15, -0.1) is 0 Å². The Morgan fingerprint density at radius 1 is 1.19 bits per heavy atom. The van der Waals surface area contributed by atoms with Crippen LogP contribution in [0.1, 0.15) is 12.5 Å². The Labute approximate surface area is 122 Å². The zero-order valence-corrected chi connectivity index (χ0v) is 11.8. The van der Waals surface area contributed by atoms with Crippen LogP contribution in [0.5, 0.6) is 0 Å². The van der Waals surface area contributed by atoms with Gasteiger partial charge in [0, 0.05) is 23.6 Å². The van der Waals surface area contributed by atoms with Crippen molar-refractivity contribution in [2.75, 3.05) is 0 Å². The molecule has 3 nitrogen and oxygen atoms in total. The Hall–Kier alpha value is -2.62. The first-order valence-electron chi connectivity index (χ1n) is 6.68. The van der Waals surface area contributed by atoms with Crippen LogP contribution in [0, 0.1) is 5.82 Å². The van der Waals surface area contributed by atoms with Gasteiger partial charge in [0.15, 0.2) is 0 Å². The fourth-order valence-electron chi connectivity index (χ4n) is 2.41. The molecule has 0 radical (unpaired) electrons. The fraction of sp³-hybridized carbons (Fsp3) is 0.118. The molecule has 1 aromatic heterocycles. The number of nitrogens with zero attached hydrogens (tertiary/aromatic N) is 2. The molecule has 0 fully saturated rings. The van der Waals surface area contributed by atoms with E-state index in [1.165, 1.54) is 12.1 Å². The summed E-state index contributed by atoms with van der Waals surface area (Å²) in [7, 11) is 1.87. The van der Waals surface area contributed by atoms with Crippen molar-refractivity contribution < 1.29 is 9.50 Å². The standard InChI is InChI=1S/C17H15FN2O/c1-3-16(21)12-6-9-15-14(10-12)17(19-20(15)2)11-4-7-13(18)8-5-11/h3-10,21H,1-2H3. The highest BCUT2D eigenvalue weighted by Gasteiger charge is 2.12. The molecule has 1 N–H and O–H groups in total. The average molecular weight is 282 g/mol. The zero-order valence-electron chi connectivity index (χ0n) is 11.8. The van der Waals surface area contributed by atoms with Gasteiger partial charge >= 0.3 is 0 Å². The van der Waals surface area contributed by atoms with Gasteiger partial charge in [-0.2, -0.15) is 5.10 Å². The molecule has 21 heavy (non-hydrogen) atoms. The molecule has 0 unspecified atom stereocenters. The van der Waals surface area contributed by atoms with Crippen molar-refractivity contribution >= 4 is 16.7 Å². The summed E-state index contributed by atoms with van der Waals surface area (Å²) in [5.41, 5.74) is 3.32. The van der Waals surface area contributed by atoms with Crippen molar-refractivity contribution in [3.63, 3.8) is 0 Å². The van der Waals surface area contributed by atoms with Gasteiger partial charge in [0.25, 0.3) is 0 Å². The number of benzene rings is 2.